The summed E-state index contributed by atoms with van der Waals surface area (Å²) in [6.07, 6.45) is 1.85. The number of pyridine rings is 1. The van der Waals surface area contributed by atoms with Crippen molar-refractivity contribution in [1.29, 1.82) is 0 Å². The number of esters is 1. The Kier molecular flexibility index (Phi) is 3.84. The minimum absolute atomic E-state index is 0.0188. The second-order valence-electron chi connectivity index (χ2n) is 6.87. The smallest absolute Gasteiger partial charge is 0.343 e. The number of carbonyl (C=O) groups excluding carboxylic acids is 1. The van der Waals surface area contributed by atoms with Crippen LogP contribution < -0.4 is 18.8 Å². The Morgan fingerprint density at radius 2 is 1.83 bits per heavy atom. The molecule has 0 fully saturated rings. The van der Waals surface area contributed by atoms with Gasteiger partial charge in [-0.25, -0.2) is 4.79 Å². The predicted molar refractivity (Wildman–Crippen MR) is 105 cm³/mol. The summed E-state index contributed by atoms with van der Waals surface area (Å²) in [4.78, 5) is 11.3. The summed E-state index contributed by atoms with van der Waals surface area (Å²) in [5.41, 5.74) is 1.01. The molecule has 0 amide bonds. The van der Waals surface area contributed by atoms with E-state index in [2.05, 4.69) is 4.74 Å². The van der Waals surface area contributed by atoms with Gasteiger partial charge in [0.05, 0.1) is 23.3 Å². The Labute approximate surface area is 165 Å². The van der Waals surface area contributed by atoms with Gasteiger partial charge in [-0.15, -0.1) is 0 Å². The lowest BCUT2D eigenvalue weighted by atomic mass is 10.00. The zero-order valence-corrected chi connectivity index (χ0v) is 15.9. The van der Waals surface area contributed by atoms with Crippen molar-refractivity contribution in [3.63, 3.8) is 0 Å². The molecule has 0 aliphatic carbocycles. The quantitative estimate of drug-likeness (QED) is 0.328. The monoisotopic (exact) mass is 392 g/mol. The lowest BCUT2D eigenvalue weighted by molar-refractivity contribution is -0.642. The average molecular weight is 392 g/mol. The molecule has 0 bridgehead atoms. The standard InChI is InChI=1S/C22H17NO6/c1-23-9-16-13(5-6-17(22(16)25)27-10-20(24)26-2)14-4-3-12-7-18-19(29-11-28-18)8-15(12)21(14)23/h3-9H,10-11H2,1-2H3/p+1. The van der Waals surface area contributed by atoms with Gasteiger partial charge in [0, 0.05) is 5.39 Å². The number of rotatable bonds is 3. The van der Waals surface area contributed by atoms with E-state index in [1.807, 2.05) is 48.1 Å². The number of aryl methyl sites for hydroxylation is 1. The molecule has 1 aliphatic heterocycles. The molecule has 146 valence electrons. The first kappa shape index (κ1) is 17.4. The van der Waals surface area contributed by atoms with Gasteiger partial charge in [-0.1, -0.05) is 6.07 Å². The zero-order chi connectivity index (χ0) is 20.1. The number of phenols is 1. The Morgan fingerprint density at radius 3 is 2.62 bits per heavy atom. The maximum absolute atomic E-state index is 11.3. The number of hydrogen-bond acceptors (Lipinski definition) is 6. The highest BCUT2D eigenvalue weighted by Crippen LogP contribution is 2.41. The summed E-state index contributed by atoms with van der Waals surface area (Å²) in [5.74, 6) is 1.16. The first-order valence-corrected chi connectivity index (χ1v) is 9.07. The third kappa shape index (κ3) is 2.66. The van der Waals surface area contributed by atoms with E-state index in [4.69, 9.17) is 14.2 Å². The van der Waals surface area contributed by atoms with E-state index >= 15 is 0 Å². The Morgan fingerprint density at radius 1 is 1.07 bits per heavy atom. The minimum atomic E-state index is -0.515. The van der Waals surface area contributed by atoms with Crippen molar-refractivity contribution in [2.75, 3.05) is 20.5 Å². The molecule has 0 atom stereocenters. The molecule has 7 nitrogen and oxygen atoms in total. The summed E-state index contributed by atoms with van der Waals surface area (Å²) in [7, 11) is 3.21. The number of ether oxygens (including phenoxy) is 4. The SMILES string of the molecule is COC(=O)COc1ccc2c(c[n+](C)c3c4cc5c(cc4ccc23)OCO5)c1O. The van der Waals surface area contributed by atoms with Gasteiger partial charge in [0.15, 0.2) is 35.8 Å². The summed E-state index contributed by atoms with van der Waals surface area (Å²) in [6, 6.07) is 11.5. The molecular formula is C22H18NO6+. The van der Waals surface area contributed by atoms with E-state index < -0.39 is 5.97 Å². The van der Waals surface area contributed by atoms with Crippen molar-refractivity contribution < 1.29 is 33.4 Å². The number of benzene rings is 3. The average Bonchev–Trinajstić information content (AvgIpc) is 3.18. The van der Waals surface area contributed by atoms with Gasteiger partial charge < -0.3 is 24.1 Å². The maximum Gasteiger partial charge on any atom is 0.343 e. The van der Waals surface area contributed by atoms with Crippen molar-refractivity contribution in [3.8, 4) is 23.0 Å². The third-order valence-electron chi connectivity index (χ3n) is 5.20. The molecule has 1 aromatic heterocycles. The first-order valence-electron chi connectivity index (χ1n) is 9.07. The molecule has 0 radical (unpaired) electrons. The molecule has 5 rings (SSSR count). The van der Waals surface area contributed by atoms with Crippen LogP contribution in [-0.2, 0) is 16.6 Å². The fraction of sp³-hybridized carbons (Fsp3) is 0.182. The van der Waals surface area contributed by atoms with Crippen molar-refractivity contribution in [3.05, 3.63) is 42.6 Å². The van der Waals surface area contributed by atoms with Crippen LogP contribution in [0.25, 0.3) is 32.4 Å². The van der Waals surface area contributed by atoms with Gasteiger partial charge in [0.1, 0.15) is 7.05 Å². The number of phenolic OH excluding ortho intramolecular Hbond substituents is 1. The van der Waals surface area contributed by atoms with Gasteiger partial charge in [-0.3, -0.25) is 0 Å². The molecule has 29 heavy (non-hydrogen) atoms. The number of fused-ring (bicyclic) bond motifs is 6. The molecule has 7 heteroatoms. The van der Waals surface area contributed by atoms with Gasteiger partial charge in [-0.2, -0.15) is 4.57 Å². The highest BCUT2D eigenvalue weighted by atomic mass is 16.7. The normalized spacial score (nSPS) is 12.6. The van der Waals surface area contributed by atoms with Crippen molar-refractivity contribution in [1.82, 2.24) is 0 Å². The van der Waals surface area contributed by atoms with Crippen LogP contribution in [0.2, 0.25) is 0 Å². The number of aromatic hydroxyl groups is 1. The van der Waals surface area contributed by atoms with Gasteiger partial charge in [-0.05, 0) is 35.7 Å². The van der Waals surface area contributed by atoms with Crippen molar-refractivity contribution in [2.24, 2.45) is 7.05 Å². The number of methoxy groups -OCH3 is 1. The molecule has 4 aromatic rings. The second kappa shape index (κ2) is 6.41. The van der Waals surface area contributed by atoms with E-state index in [0.29, 0.717) is 5.39 Å². The highest BCUT2D eigenvalue weighted by Gasteiger charge is 2.22. The molecular weight excluding hydrogens is 374 g/mol. The number of nitrogens with zero attached hydrogens (tertiary/aromatic N) is 1. The lowest BCUT2D eigenvalue weighted by Crippen LogP contribution is -2.28. The van der Waals surface area contributed by atoms with Crippen LogP contribution >= 0.6 is 0 Å². The molecule has 3 aromatic carbocycles. The molecule has 2 heterocycles. The highest BCUT2D eigenvalue weighted by molar-refractivity contribution is 6.15. The van der Waals surface area contributed by atoms with Crippen LogP contribution in [0.3, 0.4) is 0 Å². The van der Waals surface area contributed by atoms with E-state index in [9.17, 15) is 9.90 Å². The first-order chi connectivity index (χ1) is 14.1. The van der Waals surface area contributed by atoms with Crippen LogP contribution in [0.5, 0.6) is 23.0 Å². The number of aromatic nitrogens is 1. The topological polar surface area (TPSA) is 78.1 Å². The molecule has 0 spiro atoms. The fourth-order valence-electron chi connectivity index (χ4n) is 3.82. The van der Waals surface area contributed by atoms with Crippen LogP contribution in [0.4, 0.5) is 0 Å². The summed E-state index contributed by atoms with van der Waals surface area (Å²) < 4.78 is 23.0. The minimum Gasteiger partial charge on any atom is -0.504 e. The van der Waals surface area contributed by atoms with Crippen LogP contribution in [0.1, 0.15) is 0 Å². The Bertz CT molecular complexity index is 1310. The molecule has 1 aliphatic rings. The van der Waals surface area contributed by atoms with Gasteiger partial charge in [0.25, 0.3) is 0 Å². The van der Waals surface area contributed by atoms with Crippen molar-refractivity contribution in [2.45, 2.75) is 0 Å². The van der Waals surface area contributed by atoms with Crippen LogP contribution in [0, 0.1) is 0 Å². The van der Waals surface area contributed by atoms with E-state index in [1.54, 1.807) is 6.07 Å². The van der Waals surface area contributed by atoms with Crippen molar-refractivity contribution >= 4 is 38.4 Å². The summed E-state index contributed by atoms with van der Waals surface area (Å²) in [6.45, 7) is -0.0477. The van der Waals surface area contributed by atoms with E-state index in [-0.39, 0.29) is 24.9 Å². The number of hydrogen-bond donors (Lipinski definition) is 1. The summed E-state index contributed by atoms with van der Waals surface area (Å²) in [5, 5.41) is 15.3. The Hall–Kier alpha value is -3.74. The molecule has 0 saturated carbocycles. The zero-order valence-electron chi connectivity index (χ0n) is 15.9. The fourth-order valence-corrected chi connectivity index (χ4v) is 3.82. The number of carbonyl (C=O) groups is 1. The molecule has 0 unspecified atom stereocenters. The van der Waals surface area contributed by atoms with E-state index in [0.717, 1.165) is 38.6 Å². The maximum atomic E-state index is 11.3. The van der Waals surface area contributed by atoms with Crippen LogP contribution in [0.15, 0.2) is 42.6 Å². The third-order valence-corrected chi connectivity index (χ3v) is 5.20. The van der Waals surface area contributed by atoms with Gasteiger partial charge >= 0.3 is 5.97 Å². The summed E-state index contributed by atoms with van der Waals surface area (Å²) >= 11 is 0. The lowest BCUT2D eigenvalue weighted by Gasteiger charge is -2.11. The van der Waals surface area contributed by atoms with E-state index in [1.165, 1.54) is 7.11 Å². The van der Waals surface area contributed by atoms with Gasteiger partial charge in [0.2, 0.25) is 12.3 Å². The van der Waals surface area contributed by atoms with Crippen LogP contribution in [-0.4, -0.2) is 31.6 Å². The Balaban J connectivity index is 1.73. The predicted octanol–water partition coefficient (Wildman–Crippen LogP) is 2.96. The largest absolute Gasteiger partial charge is 0.504 e. The molecule has 1 N–H and O–H groups in total. The second-order valence-corrected chi connectivity index (χ2v) is 6.87. The molecule has 0 saturated heterocycles.